The molecular formula is C14H21FN2. The van der Waals surface area contributed by atoms with E-state index >= 15 is 0 Å². The van der Waals surface area contributed by atoms with Gasteiger partial charge in [-0.25, -0.2) is 4.39 Å². The van der Waals surface area contributed by atoms with Crippen LogP contribution in [0.1, 0.15) is 31.4 Å². The minimum atomic E-state index is -0.278. The first-order valence-electron chi connectivity index (χ1n) is 6.50. The van der Waals surface area contributed by atoms with E-state index in [4.69, 9.17) is 0 Å². The van der Waals surface area contributed by atoms with Gasteiger partial charge >= 0.3 is 0 Å². The van der Waals surface area contributed by atoms with E-state index in [-0.39, 0.29) is 6.67 Å². The molecule has 1 aromatic carbocycles. The fraction of sp³-hybridized carbons (Fsp3) is 0.571. The lowest BCUT2D eigenvalue weighted by Crippen LogP contribution is -2.26. The molecule has 0 bridgehead atoms. The molecule has 1 aliphatic heterocycles. The highest BCUT2D eigenvalue weighted by Gasteiger charge is 2.21. The monoisotopic (exact) mass is 236 g/mol. The van der Waals surface area contributed by atoms with Crippen molar-refractivity contribution in [3.63, 3.8) is 0 Å². The van der Waals surface area contributed by atoms with E-state index in [0.29, 0.717) is 12.6 Å². The van der Waals surface area contributed by atoms with Gasteiger partial charge in [0.05, 0.1) is 0 Å². The molecule has 1 unspecified atom stereocenters. The smallest absolute Gasteiger partial charge is 0.107 e. The zero-order valence-corrected chi connectivity index (χ0v) is 10.5. The number of benzene rings is 1. The van der Waals surface area contributed by atoms with Crippen molar-refractivity contribution in [2.24, 2.45) is 0 Å². The Labute approximate surface area is 103 Å². The van der Waals surface area contributed by atoms with E-state index in [1.807, 2.05) is 6.07 Å². The zero-order valence-electron chi connectivity index (χ0n) is 10.5. The maximum absolute atomic E-state index is 12.6. The van der Waals surface area contributed by atoms with Crippen LogP contribution in [0.3, 0.4) is 0 Å². The van der Waals surface area contributed by atoms with Gasteiger partial charge in [0.1, 0.15) is 6.67 Å². The Balaban J connectivity index is 2.29. The third kappa shape index (κ3) is 2.78. The molecule has 1 aliphatic rings. The van der Waals surface area contributed by atoms with Gasteiger partial charge in [-0.2, -0.15) is 0 Å². The lowest BCUT2D eigenvalue weighted by Gasteiger charge is -2.24. The van der Waals surface area contributed by atoms with Crippen LogP contribution in [0, 0.1) is 0 Å². The summed E-state index contributed by atoms with van der Waals surface area (Å²) in [4.78, 5) is 2.17. The first-order chi connectivity index (χ1) is 8.36. The summed E-state index contributed by atoms with van der Waals surface area (Å²) in [5.41, 5.74) is 2.52. The van der Waals surface area contributed by atoms with Gasteiger partial charge in [-0.1, -0.05) is 25.1 Å². The minimum Gasteiger partial charge on any atom is -0.369 e. The number of fused-ring (bicyclic) bond motifs is 1. The molecule has 1 aromatic rings. The Morgan fingerprint density at radius 2 is 2.24 bits per heavy atom. The summed E-state index contributed by atoms with van der Waals surface area (Å²) in [5, 5.41) is 3.52. The third-order valence-electron chi connectivity index (χ3n) is 3.38. The third-order valence-corrected chi connectivity index (χ3v) is 3.38. The van der Waals surface area contributed by atoms with Gasteiger partial charge in [-0.3, -0.25) is 0 Å². The standard InChI is InChI=1S/C14H21FN2/c1-2-16-13-7-5-10-17(11-9-15)14-8-4-3-6-12(13)14/h3-4,6,8,13,16H,2,5,7,9-11H2,1H3. The topological polar surface area (TPSA) is 15.3 Å². The maximum atomic E-state index is 12.6. The molecule has 1 heterocycles. The van der Waals surface area contributed by atoms with E-state index in [0.717, 1.165) is 25.9 Å². The van der Waals surface area contributed by atoms with E-state index in [1.54, 1.807) is 0 Å². The van der Waals surface area contributed by atoms with Crippen LogP contribution in [-0.2, 0) is 0 Å². The highest BCUT2D eigenvalue weighted by Crippen LogP contribution is 2.32. The van der Waals surface area contributed by atoms with Crippen molar-refractivity contribution in [1.82, 2.24) is 5.32 Å². The molecule has 2 nitrogen and oxygen atoms in total. The lowest BCUT2D eigenvalue weighted by atomic mass is 10.0. The molecule has 2 rings (SSSR count). The number of halogens is 1. The molecule has 0 aromatic heterocycles. The summed E-state index contributed by atoms with van der Waals surface area (Å²) in [7, 11) is 0. The Hall–Kier alpha value is -1.09. The van der Waals surface area contributed by atoms with Crippen LogP contribution >= 0.6 is 0 Å². The number of hydrogen-bond acceptors (Lipinski definition) is 2. The quantitative estimate of drug-likeness (QED) is 0.864. The summed E-state index contributed by atoms with van der Waals surface area (Å²) >= 11 is 0. The van der Waals surface area contributed by atoms with Crippen molar-refractivity contribution >= 4 is 5.69 Å². The predicted molar refractivity (Wildman–Crippen MR) is 70.3 cm³/mol. The average molecular weight is 236 g/mol. The number of rotatable bonds is 4. The van der Waals surface area contributed by atoms with Gasteiger partial charge < -0.3 is 10.2 Å². The maximum Gasteiger partial charge on any atom is 0.107 e. The highest BCUT2D eigenvalue weighted by molar-refractivity contribution is 5.55. The Morgan fingerprint density at radius 3 is 3.00 bits per heavy atom. The molecule has 0 spiro atoms. The van der Waals surface area contributed by atoms with Crippen molar-refractivity contribution in [3.8, 4) is 0 Å². The molecule has 1 N–H and O–H groups in total. The Kier molecular flexibility index (Phi) is 4.37. The van der Waals surface area contributed by atoms with E-state index in [9.17, 15) is 4.39 Å². The molecule has 0 radical (unpaired) electrons. The molecule has 0 aliphatic carbocycles. The van der Waals surface area contributed by atoms with Gasteiger partial charge in [0, 0.05) is 24.8 Å². The molecule has 0 fully saturated rings. The predicted octanol–water partition coefficient (Wildman–Crippen LogP) is 2.91. The second-order valence-electron chi connectivity index (χ2n) is 4.49. The van der Waals surface area contributed by atoms with Crippen LogP contribution in [-0.4, -0.2) is 26.3 Å². The molecule has 0 amide bonds. The van der Waals surface area contributed by atoms with Crippen molar-refractivity contribution in [2.45, 2.75) is 25.8 Å². The Bertz CT molecular complexity index is 321. The van der Waals surface area contributed by atoms with Crippen LogP contribution in [0.2, 0.25) is 0 Å². The fourth-order valence-corrected chi connectivity index (χ4v) is 2.63. The van der Waals surface area contributed by atoms with Crippen LogP contribution in [0.5, 0.6) is 0 Å². The van der Waals surface area contributed by atoms with E-state index in [2.05, 4.69) is 35.3 Å². The van der Waals surface area contributed by atoms with Crippen LogP contribution in [0.4, 0.5) is 10.1 Å². The summed E-state index contributed by atoms with van der Waals surface area (Å²) in [6.45, 7) is 4.30. The molecule has 0 saturated heterocycles. The van der Waals surface area contributed by atoms with Crippen LogP contribution < -0.4 is 10.2 Å². The van der Waals surface area contributed by atoms with E-state index < -0.39 is 0 Å². The molecule has 17 heavy (non-hydrogen) atoms. The zero-order chi connectivity index (χ0) is 12.1. The molecule has 3 heteroatoms. The number of nitrogens with one attached hydrogen (secondary N) is 1. The van der Waals surface area contributed by atoms with Crippen molar-refractivity contribution in [3.05, 3.63) is 29.8 Å². The SMILES string of the molecule is CCNC1CCCN(CCF)c2ccccc21. The number of nitrogens with zero attached hydrogens (tertiary/aromatic N) is 1. The van der Waals surface area contributed by atoms with Gasteiger partial charge in [0.25, 0.3) is 0 Å². The first-order valence-corrected chi connectivity index (χ1v) is 6.50. The summed E-state index contributed by atoms with van der Waals surface area (Å²) in [5.74, 6) is 0. The fourth-order valence-electron chi connectivity index (χ4n) is 2.63. The van der Waals surface area contributed by atoms with Crippen molar-refractivity contribution in [2.75, 3.05) is 31.2 Å². The average Bonchev–Trinajstić information content (AvgIpc) is 2.52. The molecule has 0 saturated carbocycles. The van der Waals surface area contributed by atoms with Gasteiger partial charge in [-0.05, 0) is 31.0 Å². The number of alkyl halides is 1. The summed E-state index contributed by atoms with van der Waals surface area (Å²) < 4.78 is 12.6. The second kappa shape index (κ2) is 6.01. The second-order valence-corrected chi connectivity index (χ2v) is 4.49. The largest absolute Gasteiger partial charge is 0.369 e. The van der Waals surface area contributed by atoms with Gasteiger partial charge in [0.2, 0.25) is 0 Å². The summed E-state index contributed by atoms with van der Waals surface area (Å²) in [6.07, 6.45) is 2.25. The molecular weight excluding hydrogens is 215 g/mol. The normalized spacial score (nSPS) is 19.9. The van der Waals surface area contributed by atoms with Gasteiger partial charge in [-0.15, -0.1) is 0 Å². The van der Waals surface area contributed by atoms with Crippen LogP contribution in [0.15, 0.2) is 24.3 Å². The molecule has 94 valence electrons. The van der Waals surface area contributed by atoms with Crippen molar-refractivity contribution < 1.29 is 4.39 Å². The van der Waals surface area contributed by atoms with Gasteiger partial charge in [0.15, 0.2) is 0 Å². The Morgan fingerprint density at radius 1 is 1.41 bits per heavy atom. The number of hydrogen-bond donors (Lipinski definition) is 1. The first kappa shape index (κ1) is 12.4. The molecule has 1 atom stereocenters. The highest BCUT2D eigenvalue weighted by atomic mass is 19.1. The number of anilines is 1. The lowest BCUT2D eigenvalue weighted by molar-refractivity contribution is 0.484. The van der Waals surface area contributed by atoms with Crippen molar-refractivity contribution in [1.29, 1.82) is 0 Å². The summed E-state index contributed by atoms with van der Waals surface area (Å²) in [6, 6.07) is 8.81. The van der Waals surface area contributed by atoms with Crippen LogP contribution in [0.25, 0.3) is 0 Å². The number of para-hydroxylation sites is 1. The van der Waals surface area contributed by atoms with E-state index in [1.165, 1.54) is 11.3 Å². The minimum absolute atomic E-state index is 0.278.